The number of ether oxygens (including phenoxy) is 2. The van der Waals surface area contributed by atoms with Gasteiger partial charge >= 0.3 is 5.97 Å². The minimum absolute atomic E-state index is 0.0534. The number of hydrogen-bond acceptors (Lipinski definition) is 5. The third-order valence-corrected chi connectivity index (χ3v) is 7.33. The van der Waals surface area contributed by atoms with E-state index in [0.717, 1.165) is 27.8 Å². The van der Waals surface area contributed by atoms with E-state index >= 15 is 0 Å². The molecule has 6 nitrogen and oxygen atoms in total. The Morgan fingerprint density at radius 2 is 1.43 bits per heavy atom. The molecule has 1 fully saturated rings. The molecule has 1 amide bonds. The Morgan fingerprint density at radius 1 is 0.850 bits per heavy atom. The SMILES string of the molecule is COC(=O)C[C@@H]1C[C@@H](COc2ccc(-c3ccc(C#N)cc3)cc2)N(Cc2ccc(-c3ccccc3)cc2)C1=O. The molecule has 200 valence electrons. The van der Waals surface area contributed by atoms with Crippen LogP contribution in [0.1, 0.15) is 24.0 Å². The van der Waals surface area contributed by atoms with Crippen molar-refractivity contribution in [2.24, 2.45) is 5.92 Å². The molecule has 40 heavy (non-hydrogen) atoms. The van der Waals surface area contributed by atoms with E-state index < -0.39 is 5.92 Å². The van der Waals surface area contributed by atoms with Crippen molar-refractivity contribution in [1.82, 2.24) is 4.90 Å². The molecule has 0 radical (unpaired) electrons. The molecule has 5 rings (SSSR count). The fraction of sp³-hybridized carbons (Fsp3) is 0.206. The summed E-state index contributed by atoms with van der Waals surface area (Å²) in [7, 11) is 1.34. The van der Waals surface area contributed by atoms with Crippen LogP contribution in [0.15, 0.2) is 103 Å². The predicted molar refractivity (Wildman–Crippen MR) is 153 cm³/mol. The number of carbonyl (C=O) groups excluding carboxylic acids is 2. The van der Waals surface area contributed by atoms with Gasteiger partial charge in [-0.25, -0.2) is 0 Å². The van der Waals surface area contributed by atoms with Crippen molar-refractivity contribution in [3.8, 4) is 34.1 Å². The molecule has 1 heterocycles. The highest BCUT2D eigenvalue weighted by atomic mass is 16.5. The van der Waals surface area contributed by atoms with Crippen molar-refractivity contribution < 1.29 is 19.1 Å². The van der Waals surface area contributed by atoms with Crippen molar-refractivity contribution in [3.63, 3.8) is 0 Å². The number of benzene rings is 4. The Bertz CT molecular complexity index is 1490. The van der Waals surface area contributed by atoms with E-state index in [1.807, 2.05) is 71.6 Å². The third kappa shape index (κ3) is 6.22. The maximum absolute atomic E-state index is 13.4. The lowest BCUT2D eigenvalue weighted by Crippen LogP contribution is -2.37. The number of likely N-dealkylation sites (tertiary alicyclic amines) is 1. The molecule has 4 aromatic rings. The molecule has 0 aliphatic carbocycles. The summed E-state index contributed by atoms with van der Waals surface area (Å²) < 4.78 is 11.0. The van der Waals surface area contributed by atoms with Gasteiger partial charge in [-0.15, -0.1) is 0 Å². The van der Waals surface area contributed by atoms with Gasteiger partial charge in [-0.2, -0.15) is 5.26 Å². The van der Waals surface area contributed by atoms with Crippen molar-refractivity contribution in [2.75, 3.05) is 13.7 Å². The van der Waals surface area contributed by atoms with E-state index in [4.69, 9.17) is 14.7 Å². The maximum atomic E-state index is 13.4. The molecule has 4 aromatic carbocycles. The van der Waals surface area contributed by atoms with Gasteiger partial charge in [0.25, 0.3) is 0 Å². The molecule has 0 saturated carbocycles. The molecule has 0 spiro atoms. The Hall–Kier alpha value is -4.89. The van der Waals surface area contributed by atoms with Gasteiger partial charge in [-0.1, -0.05) is 78.9 Å². The molecule has 1 aliphatic heterocycles. The predicted octanol–water partition coefficient (Wildman–Crippen LogP) is 6.25. The van der Waals surface area contributed by atoms with Crippen LogP contribution < -0.4 is 4.74 Å². The van der Waals surface area contributed by atoms with Crippen LogP contribution >= 0.6 is 0 Å². The summed E-state index contributed by atoms with van der Waals surface area (Å²) in [6.45, 7) is 0.763. The second-order valence-corrected chi connectivity index (χ2v) is 9.92. The molecule has 0 aromatic heterocycles. The second kappa shape index (κ2) is 12.3. The minimum atomic E-state index is -0.427. The lowest BCUT2D eigenvalue weighted by Gasteiger charge is -2.25. The number of amides is 1. The smallest absolute Gasteiger partial charge is 0.306 e. The average Bonchev–Trinajstić information content (AvgIpc) is 3.30. The van der Waals surface area contributed by atoms with E-state index in [2.05, 4.69) is 30.3 Å². The van der Waals surface area contributed by atoms with E-state index in [9.17, 15) is 9.59 Å². The van der Waals surface area contributed by atoms with Gasteiger partial charge in [0.05, 0.1) is 37.1 Å². The monoisotopic (exact) mass is 530 g/mol. The molecule has 0 bridgehead atoms. The van der Waals surface area contributed by atoms with Gasteiger partial charge in [0.2, 0.25) is 5.91 Å². The molecule has 2 atom stereocenters. The highest BCUT2D eigenvalue weighted by Crippen LogP contribution is 2.31. The summed E-state index contributed by atoms with van der Waals surface area (Å²) in [6, 6.07) is 35.5. The van der Waals surface area contributed by atoms with E-state index in [1.165, 1.54) is 7.11 Å². The standard InChI is InChI=1S/C34H30N2O4/c1-39-33(37)20-30-19-31(23-40-32-17-15-29(16-18-32)28-11-7-24(21-35)8-12-28)36(34(30)38)22-25-9-13-27(14-10-25)26-5-3-2-4-6-26/h2-18,30-31H,19-20,22-23H2,1H3/t30-,31-/m0/s1. The number of nitrogens with zero attached hydrogens (tertiary/aromatic N) is 2. The molecular weight excluding hydrogens is 500 g/mol. The third-order valence-electron chi connectivity index (χ3n) is 7.33. The largest absolute Gasteiger partial charge is 0.491 e. The first-order valence-corrected chi connectivity index (χ1v) is 13.3. The van der Waals surface area contributed by atoms with Crippen molar-refractivity contribution in [2.45, 2.75) is 25.4 Å². The summed E-state index contributed by atoms with van der Waals surface area (Å²) in [5, 5.41) is 9.01. The van der Waals surface area contributed by atoms with Crippen LogP contribution in [0, 0.1) is 17.2 Å². The van der Waals surface area contributed by atoms with Crippen molar-refractivity contribution >= 4 is 11.9 Å². The van der Waals surface area contributed by atoms with Crippen molar-refractivity contribution in [1.29, 1.82) is 5.26 Å². The number of carbonyl (C=O) groups is 2. The Labute approximate surface area is 234 Å². The number of hydrogen-bond donors (Lipinski definition) is 0. The minimum Gasteiger partial charge on any atom is -0.491 e. The molecule has 0 unspecified atom stereocenters. The molecule has 1 aliphatic rings. The van der Waals surface area contributed by atoms with Crippen LogP contribution in [0.4, 0.5) is 0 Å². The van der Waals surface area contributed by atoms with Crippen LogP contribution in [-0.2, 0) is 20.9 Å². The topological polar surface area (TPSA) is 79.6 Å². The summed E-state index contributed by atoms with van der Waals surface area (Å²) in [6.07, 6.45) is 0.591. The lowest BCUT2D eigenvalue weighted by molar-refractivity contribution is -0.145. The van der Waals surface area contributed by atoms with Gasteiger partial charge in [0, 0.05) is 6.54 Å². The van der Waals surface area contributed by atoms with E-state index in [0.29, 0.717) is 30.9 Å². The summed E-state index contributed by atoms with van der Waals surface area (Å²) in [5.41, 5.74) is 5.93. The molecule has 1 saturated heterocycles. The summed E-state index contributed by atoms with van der Waals surface area (Å²) in [5.74, 6) is -0.162. The number of methoxy groups -OCH3 is 1. The number of rotatable bonds is 9. The normalized spacial score (nSPS) is 16.4. The zero-order chi connectivity index (χ0) is 27.9. The number of esters is 1. The Balaban J connectivity index is 1.27. The average molecular weight is 531 g/mol. The van der Waals surface area contributed by atoms with Crippen LogP contribution in [-0.4, -0.2) is 36.5 Å². The first-order chi connectivity index (χ1) is 19.5. The van der Waals surface area contributed by atoms with Gasteiger partial charge in [0.1, 0.15) is 12.4 Å². The van der Waals surface area contributed by atoms with Gasteiger partial charge in [-0.3, -0.25) is 9.59 Å². The van der Waals surface area contributed by atoms with Crippen LogP contribution in [0.25, 0.3) is 22.3 Å². The Kier molecular flexibility index (Phi) is 8.22. The summed E-state index contributed by atoms with van der Waals surface area (Å²) in [4.78, 5) is 27.2. The zero-order valence-electron chi connectivity index (χ0n) is 22.3. The maximum Gasteiger partial charge on any atom is 0.306 e. The van der Waals surface area contributed by atoms with E-state index in [1.54, 1.807) is 12.1 Å². The highest BCUT2D eigenvalue weighted by molar-refractivity contribution is 5.86. The van der Waals surface area contributed by atoms with Crippen molar-refractivity contribution in [3.05, 3.63) is 114 Å². The highest BCUT2D eigenvalue weighted by Gasteiger charge is 2.40. The zero-order valence-corrected chi connectivity index (χ0v) is 22.3. The van der Waals surface area contributed by atoms with Crippen LogP contribution in [0.5, 0.6) is 5.75 Å². The van der Waals surface area contributed by atoms with Gasteiger partial charge in [0.15, 0.2) is 0 Å². The fourth-order valence-electron chi connectivity index (χ4n) is 5.09. The van der Waals surface area contributed by atoms with Gasteiger partial charge in [-0.05, 0) is 58.5 Å². The molecular formula is C34H30N2O4. The first-order valence-electron chi connectivity index (χ1n) is 13.3. The van der Waals surface area contributed by atoms with E-state index in [-0.39, 0.29) is 24.3 Å². The molecule has 0 N–H and O–H groups in total. The lowest BCUT2D eigenvalue weighted by atomic mass is 10.0. The molecule has 6 heteroatoms. The second-order valence-electron chi connectivity index (χ2n) is 9.92. The quantitative estimate of drug-likeness (QED) is 0.239. The summed E-state index contributed by atoms with van der Waals surface area (Å²) >= 11 is 0. The van der Waals surface area contributed by atoms with Gasteiger partial charge < -0.3 is 14.4 Å². The first kappa shape index (κ1) is 26.7. The van der Waals surface area contributed by atoms with Crippen LogP contribution in [0.3, 0.4) is 0 Å². The van der Waals surface area contributed by atoms with Crippen LogP contribution in [0.2, 0.25) is 0 Å². The number of nitriles is 1. The fourth-order valence-corrected chi connectivity index (χ4v) is 5.09. The Morgan fingerprint density at radius 3 is 2.02 bits per heavy atom.